The minimum atomic E-state index is 0.696. The molecular formula is C30H19N3S. The van der Waals surface area contributed by atoms with Crippen molar-refractivity contribution in [3.63, 3.8) is 0 Å². The van der Waals surface area contributed by atoms with Crippen LogP contribution >= 0.6 is 11.3 Å². The van der Waals surface area contributed by atoms with Crippen molar-refractivity contribution in [2.45, 2.75) is 0 Å². The number of thiophene rings is 1. The largest absolute Gasteiger partial charge is 0.278 e. The van der Waals surface area contributed by atoms with Gasteiger partial charge in [0.1, 0.15) is 0 Å². The van der Waals surface area contributed by atoms with Gasteiger partial charge in [-0.2, -0.15) is 0 Å². The van der Waals surface area contributed by atoms with E-state index in [-0.39, 0.29) is 0 Å². The van der Waals surface area contributed by atoms with Crippen LogP contribution in [0.15, 0.2) is 114 Å². The lowest BCUT2D eigenvalue weighted by molar-refractivity contribution is 1.02. The van der Waals surface area contributed by atoms with Gasteiger partial charge >= 0.3 is 0 Å². The second-order valence-electron chi connectivity index (χ2n) is 8.32. The first-order chi connectivity index (χ1) is 16.9. The monoisotopic (exact) mass is 453 g/mol. The van der Waals surface area contributed by atoms with Crippen molar-refractivity contribution >= 4 is 44.0 Å². The van der Waals surface area contributed by atoms with E-state index < -0.39 is 0 Å². The summed E-state index contributed by atoms with van der Waals surface area (Å²) in [5.74, 6) is 0.696. The lowest BCUT2D eigenvalue weighted by Gasteiger charge is -2.13. The van der Waals surface area contributed by atoms with Crippen LogP contribution < -0.4 is 0 Å². The molecule has 4 heteroatoms. The number of rotatable bonds is 3. The van der Waals surface area contributed by atoms with Crippen molar-refractivity contribution in [2.24, 2.45) is 0 Å². The molecule has 0 saturated carbocycles. The zero-order valence-corrected chi connectivity index (χ0v) is 19.0. The molecule has 3 nitrogen and oxygen atoms in total. The predicted molar refractivity (Wildman–Crippen MR) is 143 cm³/mol. The van der Waals surface area contributed by atoms with Crippen molar-refractivity contribution in [1.29, 1.82) is 0 Å². The fourth-order valence-electron chi connectivity index (χ4n) is 4.85. The number of hydrogen-bond donors (Lipinski definition) is 0. The summed E-state index contributed by atoms with van der Waals surface area (Å²) in [5, 5.41) is 7.76. The molecule has 0 radical (unpaired) electrons. The average Bonchev–Trinajstić information content (AvgIpc) is 3.51. The van der Waals surface area contributed by atoms with Crippen molar-refractivity contribution < 1.29 is 0 Å². The Labute approximate surface area is 200 Å². The Morgan fingerprint density at radius 3 is 1.88 bits per heavy atom. The average molecular weight is 454 g/mol. The molecule has 0 fully saturated rings. The first-order valence-electron chi connectivity index (χ1n) is 11.3. The van der Waals surface area contributed by atoms with E-state index in [0.717, 1.165) is 33.2 Å². The second-order valence-corrected chi connectivity index (χ2v) is 9.07. The minimum Gasteiger partial charge on any atom is -0.278 e. The van der Waals surface area contributed by atoms with E-state index in [9.17, 15) is 0 Å². The molecule has 7 aromatic rings. The third kappa shape index (κ3) is 2.89. The lowest BCUT2D eigenvalue weighted by atomic mass is 9.96. The SMILES string of the molecule is c1ccc(-c2ccccc2-c2nc(-n3c4ccccc4c4ccccc43)nc3cscc23)cc1. The van der Waals surface area contributed by atoms with Crippen LogP contribution in [0.4, 0.5) is 0 Å². The Morgan fingerprint density at radius 2 is 1.15 bits per heavy atom. The van der Waals surface area contributed by atoms with Gasteiger partial charge in [0.2, 0.25) is 5.95 Å². The maximum atomic E-state index is 5.23. The van der Waals surface area contributed by atoms with Gasteiger partial charge in [0.05, 0.1) is 22.2 Å². The smallest absolute Gasteiger partial charge is 0.235 e. The molecule has 4 aromatic carbocycles. The number of benzene rings is 4. The highest BCUT2D eigenvalue weighted by Crippen LogP contribution is 2.37. The van der Waals surface area contributed by atoms with E-state index in [1.54, 1.807) is 11.3 Å². The fraction of sp³-hybridized carbons (Fsp3) is 0. The minimum absolute atomic E-state index is 0.696. The Bertz CT molecular complexity index is 1760. The zero-order chi connectivity index (χ0) is 22.5. The molecule has 0 spiro atoms. The molecule has 3 aromatic heterocycles. The summed E-state index contributed by atoms with van der Waals surface area (Å²) in [5.41, 5.74) is 7.61. The quantitative estimate of drug-likeness (QED) is 0.270. The Hall–Kier alpha value is -4.28. The van der Waals surface area contributed by atoms with Crippen molar-refractivity contribution in [2.75, 3.05) is 0 Å². The van der Waals surface area contributed by atoms with Crippen LogP contribution in [-0.4, -0.2) is 14.5 Å². The van der Waals surface area contributed by atoms with Crippen LogP contribution in [0.1, 0.15) is 0 Å². The lowest BCUT2D eigenvalue weighted by Crippen LogP contribution is -2.03. The highest BCUT2D eigenvalue weighted by atomic mass is 32.1. The summed E-state index contributed by atoms with van der Waals surface area (Å²) in [4.78, 5) is 10.3. The van der Waals surface area contributed by atoms with Crippen molar-refractivity contribution in [3.8, 4) is 28.3 Å². The van der Waals surface area contributed by atoms with E-state index in [0.29, 0.717) is 5.95 Å². The maximum absolute atomic E-state index is 5.23. The molecule has 0 aliphatic rings. The number of para-hydroxylation sites is 2. The van der Waals surface area contributed by atoms with Gasteiger partial charge in [-0.1, -0.05) is 91.0 Å². The molecule has 0 amide bonds. The molecule has 0 N–H and O–H groups in total. The molecule has 3 heterocycles. The van der Waals surface area contributed by atoms with E-state index in [2.05, 4.69) is 112 Å². The van der Waals surface area contributed by atoms with E-state index in [1.807, 2.05) is 6.07 Å². The zero-order valence-electron chi connectivity index (χ0n) is 18.2. The molecule has 0 saturated heterocycles. The Balaban J connectivity index is 1.56. The molecule has 0 atom stereocenters. The predicted octanol–water partition coefficient (Wildman–Crippen LogP) is 8.12. The molecule has 7 rings (SSSR count). The van der Waals surface area contributed by atoms with Gasteiger partial charge in [0.25, 0.3) is 0 Å². The highest BCUT2D eigenvalue weighted by molar-refractivity contribution is 7.09. The van der Waals surface area contributed by atoms with E-state index in [1.165, 1.54) is 21.9 Å². The van der Waals surface area contributed by atoms with Gasteiger partial charge in [-0.3, -0.25) is 4.57 Å². The van der Waals surface area contributed by atoms with Gasteiger partial charge < -0.3 is 0 Å². The van der Waals surface area contributed by atoms with Crippen LogP contribution in [0.25, 0.3) is 61.0 Å². The fourth-order valence-corrected chi connectivity index (χ4v) is 5.59. The molecular weight excluding hydrogens is 434 g/mol. The molecule has 0 bridgehead atoms. The molecule has 0 unspecified atom stereocenters. The Kier molecular flexibility index (Phi) is 4.32. The van der Waals surface area contributed by atoms with Crippen molar-refractivity contribution in [1.82, 2.24) is 14.5 Å². The van der Waals surface area contributed by atoms with Crippen LogP contribution in [-0.2, 0) is 0 Å². The van der Waals surface area contributed by atoms with Crippen molar-refractivity contribution in [3.05, 3.63) is 114 Å². The summed E-state index contributed by atoms with van der Waals surface area (Å²) in [6, 6.07) is 36.0. The van der Waals surface area contributed by atoms with Crippen LogP contribution in [0.5, 0.6) is 0 Å². The van der Waals surface area contributed by atoms with Crippen LogP contribution in [0.3, 0.4) is 0 Å². The first kappa shape index (κ1) is 19.2. The normalized spacial score (nSPS) is 11.5. The number of nitrogens with zero attached hydrogens (tertiary/aromatic N) is 3. The number of fused-ring (bicyclic) bond motifs is 4. The number of hydrogen-bond acceptors (Lipinski definition) is 3. The van der Waals surface area contributed by atoms with Gasteiger partial charge in [0.15, 0.2) is 0 Å². The van der Waals surface area contributed by atoms with Crippen LogP contribution in [0.2, 0.25) is 0 Å². The third-order valence-corrected chi connectivity index (χ3v) is 7.11. The summed E-state index contributed by atoms with van der Waals surface area (Å²) >= 11 is 1.66. The topological polar surface area (TPSA) is 30.7 Å². The van der Waals surface area contributed by atoms with Crippen LogP contribution in [0, 0.1) is 0 Å². The summed E-state index contributed by atoms with van der Waals surface area (Å²) in [7, 11) is 0. The third-order valence-electron chi connectivity index (χ3n) is 6.38. The highest BCUT2D eigenvalue weighted by Gasteiger charge is 2.18. The van der Waals surface area contributed by atoms with Gasteiger partial charge in [0, 0.05) is 32.5 Å². The molecule has 34 heavy (non-hydrogen) atoms. The summed E-state index contributed by atoms with van der Waals surface area (Å²) in [6.07, 6.45) is 0. The molecule has 0 aliphatic heterocycles. The molecule has 0 aliphatic carbocycles. The Morgan fingerprint density at radius 1 is 0.529 bits per heavy atom. The standard InChI is InChI=1S/C30H19N3S/c1-2-10-20(11-3-1)21-12-4-5-15-24(21)29-25-18-34-19-26(25)31-30(32-29)33-27-16-8-6-13-22(27)23-14-7-9-17-28(23)33/h1-19H. The second kappa shape index (κ2) is 7.65. The molecule has 160 valence electrons. The number of aromatic nitrogens is 3. The van der Waals surface area contributed by atoms with Gasteiger partial charge in [-0.25, -0.2) is 9.97 Å². The van der Waals surface area contributed by atoms with Gasteiger partial charge in [-0.15, -0.1) is 11.3 Å². The first-order valence-corrected chi connectivity index (χ1v) is 12.2. The summed E-state index contributed by atoms with van der Waals surface area (Å²) in [6.45, 7) is 0. The van der Waals surface area contributed by atoms with Gasteiger partial charge in [-0.05, 0) is 23.3 Å². The van der Waals surface area contributed by atoms with E-state index >= 15 is 0 Å². The summed E-state index contributed by atoms with van der Waals surface area (Å²) < 4.78 is 2.19. The van der Waals surface area contributed by atoms with E-state index in [4.69, 9.17) is 9.97 Å². The maximum Gasteiger partial charge on any atom is 0.235 e.